The minimum Gasteiger partial charge on any atom is -0.420 e. The molecule has 5 aromatic rings. The minimum absolute atomic E-state index is 0.243. The highest BCUT2D eigenvalue weighted by Crippen LogP contribution is 2.54. The van der Waals surface area contributed by atoms with Gasteiger partial charge in [0.05, 0.1) is 17.2 Å². The van der Waals surface area contributed by atoms with Gasteiger partial charge in [-0.3, -0.25) is 4.68 Å². The predicted molar refractivity (Wildman–Crippen MR) is 108 cm³/mol. The Labute approximate surface area is 170 Å². The number of aryl methyl sites for hydroxylation is 1. The van der Waals surface area contributed by atoms with E-state index in [-0.39, 0.29) is 5.82 Å². The van der Waals surface area contributed by atoms with Gasteiger partial charge in [-0.05, 0) is 25.0 Å². The van der Waals surface area contributed by atoms with E-state index in [1.54, 1.807) is 29.2 Å². The monoisotopic (exact) mass is 400 g/mol. The molecule has 8 heteroatoms. The molecule has 7 nitrogen and oxygen atoms in total. The summed E-state index contributed by atoms with van der Waals surface area (Å²) in [5.41, 5.74) is 3.50. The lowest BCUT2D eigenvalue weighted by Gasteiger charge is -2.11. The van der Waals surface area contributed by atoms with E-state index in [0.29, 0.717) is 17.3 Å². The largest absolute Gasteiger partial charge is 0.420 e. The number of aromatic nitrogens is 6. The quantitative estimate of drug-likeness (QED) is 0.488. The second-order valence-electron chi connectivity index (χ2n) is 7.70. The molecule has 0 unspecified atom stereocenters. The average Bonchev–Trinajstić information content (AvgIpc) is 3.11. The van der Waals surface area contributed by atoms with Crippen LogP contribution in [0.2, 0.25) is 0 Å². The van der Waals surface area contributed by atoms with Crippen LogP contribution < -0.4 is 0 Å². The fourth-order valence-electron chi connectivity index (χ4n) is 4.01. The third kappa shape index (κ3) is 2.50. The first kappa shape index (κ1) is 17.1. The van der Waals surface area contributed by atoms with Crippen LogP contribution in [0, 0.1) is 5.82 Å². The van der Waals surface area contributed by atoms with E-state index in [1.807, 2.05) is 31.6 Å². The standard InChI is InChI=1S/C22H17FN6O/c1-29-12-14(10-26-29)13-8-15-16(11-25-19(15)24-9-13)20-27-28-21(30-20)22(6-7-22)17-4-2-3-5-18(17)23/h2-5,8-12H,6-7H2,1H3,(H,24,25). The number of hydrogen-bond acceptors (Lipinski definition) is 5. The summed E-state index contributed by atoms with van der Waals surface area (Å²) in [5, 5.41) is 13.7. The Bertz CT molecular complexity index is 1390. The fourth-order valence-corrected chi connectivity index (χ4v) is 4.01. The second kappa shape index (κ2) is 6.09. The van der Waals surface area contributed by atoms with Crippen LogP contribution in [-0.2, 0) is 12.5 Å². The number of rotatable bonds is 4. The topological polar surface area (TPSA) is 85.4 Å². The van der Waals surface area contributed by atoms with E-state index in [9.17, 15) is 4.39 Å². The molecule has 0 spiro atoms. The van der Waals surface area contributed by atoms with E-state index in [0.717, 1.165) is 40.6 Å². The molecule has 4 aromatic heterocycles. The van der Waals surface area contributed by atoms with Crippen LogP contribution in [0.15, 0.2) is 59.5 Å². The molecule has 4 heterocycles. The van der Waals surface area contributed by atoms with Crippen molar-refractivity contribution in [2.24, 2.45) is 7.05 Å². The van der Waals surface area contributed by atoms with E-state index < -0.39 is 5.41 Å². The Morgan fingerprint density at radius 3 is 2.77 bits per heavy atom. The summed E-state index contributed by atoms with van der Waals surface area (Å²) in [6.45, 7) is 0. The lowest BCUT2D eigenvalue weighted by Crippen LogP contribution is -2.11. The molecule has 0 saturated heterocycles. The number of hydrogen-bond donors (Lipinski definition) is 1. The van der Waals surface area contributed by atoms with Gasteiger partial charge in [-0.1, -0.05) is 18.2 Å². The summed E-state index contributed by atoms with van der Waals surface area (Å²) in [7, 11) is 1.88. The molecule has 0 radical (unpaired) electrons. The molecule has 1 saturated carbocycles. The Morgan fingerprint density at radius 2 is 2.00 bits per heavy atom. The predicted octanol–water partition coefficient (Wildman–Crippen LogP) is 4.23. The van der Waals surface area contributed by atoms with Crippen molar-refractivity contribution in [1.29, 1.82) is 0 Å². The molecule has 1 aliphatic carbocycles. The van der Waals surface area contributed by atoms with Crippen LogP contribution in [0.5, 0.6) is 0 Å². The number of fused-ring (bicyclic) bond motifs is 1. The van der Waals surface area contributed by atoms with Gasteiger partial charge in [0, 0.05) is 47.7 Å². The number of benzene rings is 1. The van der Waals surface area contributed by atoms with Gasteiger partial charge in [-0.2, -0.15) is 5.10 Å². The van der Waals surface area contributed by atoms with Gasteiger partial charge in [-0.25, -0.2) is 9.37 Å². The molecule has 1 aliphatic rings. The summed E-state index contributed by atoms with van der Waals surface area (Å²) >= 11 is 0. The zero-order valence-corrected chi connectivity index (χ0v) is 16.1. The van der Waals surface area contributed by atoms with Gasteiger partial charge in [0.15, 0.2) is 0 Å². The number of pyridine rings is 1. The molecule has 148 valence electrons. The third-order valence-electron chi connectivity index (χ3n) is 5.77. The normalized spacial score (nSPS) is 15.0. The van der Waals surface area contributed by atoms with Crippen LogP contribution in [-0.4, -0.2) is 29.9 Å². The van der Waals surface area contributed by atoms with Gasteiger partial charge in [0.2, 0.25) is 11.8 Å². The van der Waals surface area contributed by atoms with Crippen molar-refractivity contribution >= 4 is 11.0 Å². The zero-order valence-electron chi connectivity index (χ0n) is 16.1. The zero-order chi connectivity index (χ0) is 20.3. The maximum Gasteiger partial charge on any atom is 0.249 e. The molecule has 6 rings (SSSR count). The Kier molecular flexibility index (Phi) is 3.47. The van der Waals surface area contributed by atoms with Gasteiger partial charge in [0.1, 0.15) is 11.5 Å². The number of aromatic amines is 1. The van der Waals surface area contributed by atoms with Crippen molar-refractivity contribution in [3.05, 3.63) is 72.4 Å². The van der Waals surface area contributed by atoms with Crippen molar-refractivity contribution in [2.45, 2.75) is 18.3 Å². The molecule has 30 heavy (non-hydrogen) atoms. The highest BCUT2D eigenvalue weighted by molar-refractivity contribution is 5.93. The maximum absolute atomic E-state index is 14.4. The van der Waals surface area contributed by atoms with Crippen molar-refractivity contribution in [3.63, 3.8) is 0 Å². The van der Waals surface area contributed by atoms with Gasteiger partial charge in [0.25, 0.3) is 0 Å². The number of nitrogens with zero attached hydrogens (tertiary/aromatic N) is 5. The number of nitrogens with one attached hydrogen (secondary N) is 1. The van der Waals surface area contributed by atoms with Crippen molar-refractivity contribution < 1.29 is 8.81 Å². The minimum atomic E-state index is -0.526. The molecule has 1 N–H and O–H groups in total. The molecular weight excluding hydrogens is 383 g/mol. The van der Waals surface area contributed by atoms with Crippen molar-refractivity contribution in [2.75, 3.05) is 0 Å². The van der Waals surface area contributed by atoms with Crippen molar-refractivity contribution in [3.8, 4) is 22.6 Å². The Balaban J connectivity index is 1.42. The lowest BCUT2D eigenvalue weighted by atomic mass is 9.95. The summed E-state index contributed by atoms with van der Waals surface area (Å²) < 4.78 is 22.2. The Morgan fingerprint density at radius 1 is 1.13 bits per heavy atom. The first-order chi connectivity index (χ1) is 14.6. The highest BCUT2D eigenvalue weighted by Gasteiger charge is 2.52. The van der Waals surface area contributed by atoms with E-state index in [1.165, 1.54) is 6.07 Å². The maximum atomic E-state index is 14.4. The van der Waals surface area contributed by atoms with Crippen LogP contribution in [0.1, 0.15) is 24.3 Å². The molecule has 0 aliphatic heterocycles. The SMILES string of the molecule is Cn1cc(-c2cnc3[nH]cc(-c4nnc(C5(c6ccccc6F)CC5)o4)c3c2)cn1. The van der Waals surface area contributed by atoms with E-state index in [2.05, 4.69) is 25.3 Å². The van der Waals surface area contributed by atoms with E-state index >= 15 is 0 Å². The number of H-pyrrole nitrogens is 1. The van der Waals surface area contributed by atoms with Crippen LogP contribution >= 0.6 is 0 Å². The number of halogens is 1. The smallest absolute Gasteiger partial charge is 0.249 e. The van der Waals surface area contributed by atoms with Crippen LogP contribution in [0.3, 0.4) is 0 Å². The molecule has 1 fully saturated rings. The molecule has 0 amide bonds. The first-order valence-electron chi connectivity index (χ1n) is 9.70. The lowest BCUT2D eigenvalue weighted by molar-refractivity contribution is 0.462. The van der Waals surface area contributed by atoms with Crippen molar-refractivity contribution in [1.82, 2.24) is 29.9 Å². The van der Waals surface area contributed by atoms with Gasteiger partial charge < -0.3 is 9.40 Å². The average molecular weight is 400 g/mol. The highest BCUT2D eigenvalue weighted by atomic mass is 19.1. The van der Waals surface area contributed by atoms with Gasteiger partial charge in [-0.15, -0.1) is 10.2 Å². The third-order valence-corrected chi connectivity index (χ3v) is 5.77. The molecular formula is C22H17FN6O. The van der Waals surface area contributed by atoms with Crippen LogP contribution in [0.4, 0.5) is 4.39 Å². The summed E-state index contributed by atoms with van der Waals surface area (Å²) in [5.74, 6) is 0.601. The summed E-state index contributed by atoms with van der Waals surface area (Å²) in [4.78, 5) is 7.66. The Hall–Kier alpha value is -3.81. The van der Waals surface area contributed by atoms with Gasteiger partial charge >= 0.3 is 0 Å². The molecule has 0 atom stereocenters. The molecule has 0 bridgehead atoms. The molecule has 1 aromatic carbocycles. The first-order valence-corrected chi connectivity index (χ1v) is 9.70. The fraction of sp³-hybridized carbons (Fsp3) is 0.182. The van der Waals surface area contributed by atoms with E-state index in [4.69, 9.17) is 4.42 Å². The summed E-state index contributed by atoms with van der Waals surface area (Å²) in [6, 6.07) is 8.81. The second-order valence-corrected chi connectivity index (χ2v) is 7.70. The summed E-state index contributed by atoms with van der Waals surface area (Å²) in [6.07, 6.45) is 8.92. The van der Waals surface area contributed by atoms with Crippen LogP contribution in [0.25, 0.3) is 33.6 Å².